The summed E-state index contributed by atoms with van der Waals surface area (Å²) in [5.74, 6) is 0.490. The van der Waals surface area contributed by atoms with Gasteiger partial charge in [-0.15, -0.1) is 0 Å². The molecule has 0 aliphatic heterocycles. The van der Waals surface area contributed by atoms with E-state index < -0.39 is 21.4 Å². The summed E-state index contributed by atoms with van der Waals surface area (Å²) in [6, 6.07) is 4.73. The number of halogens is 1. The van der Waals surface area contributed by atoms with Gasteiger partial charge in [0.1, 0.15) is 0 Å². The zero-order valence-corrected chi connectivity index (χ0v) is 18.7. The lowest BCUT2D eigenvalue weighted by Crippen LogP contribution is -2.37. The molecule has 0 radical (unpaired) electrons. The first-order valence-corrected chi connectivity index (χ1v) is 12.4. The van der Waals surface area contributed by atoms with Crippen molar-refractivity contribution in [2.24, 2.45) is 5.92 Å². The van der Waals surface area contributed by atoms with Gasteiger partial charge in [-0.3, -0.25) is 0 Å². The Hall–Kier alpha value is -1.18. The van der Waals surface area contributed by atoms with E-state index in [1.54, 1.807) is 12.1 Å². The Bertz CT molecular complexity index is 797. The minimum atomic E-state index is -3.38. The second-order valence-electron chi connectivity index (χ2n) is 9.64. The van der Waals surface area contributed by atoms with E-state index in [4.69, 9.17) is 4.74 Å². The van der Waals surface area contributed by atoms with Crippen molar-refractivity contribution in [1.29, 1.82) is 0 Å². The lowest BCUT2D eigenvalue weighted by Gasteiger charge is -2.20. The number of hydrogen-bond donors (Lipinski definition) is 2. The summed E-state index contributed by atoms with van der Waals surface area (Å²) in [4.78, 5) is 0. The van der Waals surface area contributed by atoms with E-state index in [9.17, 15) is 12.8 Å². The number of ether oxygens (including phenoxy) is 1. The molecule has 0 spiro atoms. The fraction of sp³-hybridized carbons (Fsp3) is 0.727. The largest absolute Gasteiger partial charge is 0.490 e. The number of unbranched alkanes of at least 4 members (excludes halogenated alkanes) is 2. The van der Waals surface area contributed by atoms with Gasteiger partial charge in [0, 0.05) is 5.54 Å². The van der Waals surface area contributed by atoms with Crippen molar-refractivity contribution in [3.8, 4) is 5.75 Å². The molecule has 2 aliphatic carbocycles. The molecule has 2 aliphatic rings. The Morgan fingerprint density at radius 1 is 1.17 bits per heavy atom. The van der Waals surface area contributed by atoms with E-state index in [-0.39, 0.29) is 17.0 Å². The normalized spacial score (nSPS) is 18.6. The third-order valence-corrected chi connectivity index (χ3v) is 7.03. The second-order valence-corrected chi connectivity index (χ2v) is 11.5. The molecule has 0 heterocycles. The molecule has 1 aromatic rings. The summed E-state index contributed by atoms with van der Waals surface area (Å²) in [6.07, 6.45) is 6.19. The lowest BCUT2D eigenvalue weighted by molar-refractivity contribution is 0.284. The van der Waals surface area contributed by atoms with Gasteiger partial charge in [-0.2, -0.15) is 0 Å². The van der Waals surface area contributed by atoms with E-state index in [0.717, 1.165) is 50.6 Å². The molecule has 0 unspecified atom stereocenters. The predicted octanol–water partition coefficient (Wildman–Crippen LogP) is 4.08. The van der Waals surface area contributed by atoms with Crippen LogP contribution < -0.4 is 14.8 Å². The molecule has 29 heavy (non-hydrogen) atoms. The third-order valence-electron chi connectivity index (χ3n) is 5.50. The van der Waals surface area contributed by atoms with Crippen LogP contribution in [-0.2, 0) is 15.6 Å². The van der Waals surface area contributed by atoms with Gasteiger partial charge >= 0.3 is 0 Å². The van der Waals surface area contributed by atoms with Crippen LogP contribution in [0.5, 0.6) is 5.75 Å². The van der Waals surface area contributed by atoms with Gasteiger partial charge in [-0.1, -0.05) is 12.5 Å². The number of benzene rings is 1. The van der Waals surface area contributed by atoms with Gasteiger partial charge in [0.15, 0.2) is 11.6 Å². The van der Waals surface area contributed by atoms with E-state index in [0.29, 0.717) is 18.9 Å². The molecule has 2 fully saturated rings. The highest BCUT2D eigenvalue weighted by atomic mass is 32.2. The zero-order valence-electron chi connectivity index (χ0n) is 17.9. The average molecular weight is 427 g/mol. The summed E-state index contributed by atoms with van der Waals surface area (Å²) in [7, 11) is -3.38. The Morgan fingerprint density at radius 2 is 1.90 bits per heavy atom. The Kier molecular flexibility index (Phi) is 6.91. The maximum absolute atomic E-state index is 14.1. The van der Waals surface area contributed by atoms with Crippen molar-refractivity contribution in [1.82, 2.24) is 10.0 Å². The molecule has 2 N–H and O–H groups in total. The maximum Gasteiger partial charge on any atom is 0.212 e. The summed E-state index contributed by atoms with van der Waals surface area (Å²) in [5, 5.41) is 3.41. The van der Waals surface area contributed by atoms with Gasteiger partial charge in [0.25, 0.3) is 0 Å². The molecule has 164 valence electrons. The van der Waals surface area contributed by atoms with Crippen LogP contribution in [0.4, 0.5) is 4.39 Å². The minimum absolute atomic E-state index is 0.0857. The molecule has 7 heteroatoms. The molecule has 0 saturated heterocycles. The Labute approximate surface area is 174 Å². The molecule has 3 rings (SSSR count). The standard InChI is InChI=1S/C22H35FN2O3S/c1-21(2,3)24-13-5-4-6-14-29(26,27)25-22(11-12-22)18-9-10-19(23)20(15-18)28-16-17-7-8-17/h9-10,15,17,24-25H,4-8,11-14,16H2,1-3H3. The van der Waals surface area contributed by atoms with Crippen LogP contribution in [0.1, 0.15) is 71.3 Å². The smallest absolute Gasteiger partial charge is 0.212 e. The number of rotatable bonds is 12. The zero-order chi connectivity index (χ0) is 21.1. The van der Waals surface area contributed by atoms with Gasteiger partial charge in [0.05, 0.1) is 17.9 Å². The van der Waals surface area contributed by atoms with Crippen molar-refractivity contribution < 1.29 is 17.5 Å². The SMILES string of the molecule is CC(C)(C)NCCCCCS(=O)(=O)NC1(c2ccc(F)c(OCC3CC3)c2)CC1. The molecular formula is C22H35FN2O3S. The van der Waals surface area contributed by atoms with Crippen LogP contribution in [0.3, 0.4) is 0 Å². The molecule has 0 aromatic heterocycles. The maximum atomic E-state index is 14.1. The molecular weight excluding hydrogens is 391 g/mol. The van der Waals surface area contributed by atoms with Gasteiger partial charge in [-0.25, -0.2) is 17.5 Å². The highest BCUT2D eigenvalue weighted by Gasteiger charge is 2.47. The van der Waals surface area contributed by atoms with Crippen LogP contribution >= 0.6 is 0 Å². The third kappa shape index (κ3) is 7.23. The summed E-state index contributed by atoms with van der Waals surface area (Å²) < 4.78 is 47.7. The Balaban J connectivity index is 1.50. The first-order chi connectivity index (χ1) is 13.6. The molecule has 0 bridgehead atoms. The van der Waals surface area contributed by atoms with Crippen LogP contribution in [-0.4, -0.2) is 32.9 Å². The highest BCUT2D eigenvalue weighted by molar-refractivity contribution is 7.89. The molecule has 0 amide bonds. The van der Waals surface area contributed by atoms with Crippen molar-refractivity contribution in [2.75, 3.05) is 18.9 Å². The first-order valence-electron chi connectivity index (χ1n) is 10.8. The highest BCUT2D eigenvalue weighted by Crippen LogP contribution is 2.47. The number of hydrogen-bond acceptors (Lipinski definition) is 4. The molecule has 0 atom stereocenters. The van der Waals surface area contributed by atoms with Crippen molar-refractivity contribution in [3.05, 3.63) is 29.6 Å². The second kappa shape index (κ2) is 8.90. The van der Waals surface area contributed by atoms with E-state index in [1.165, 1.54) is 6.07 Å². The number of nitrogens with one attached hydrogen (secondary N) is 2. The summed E-state index contributed by atoms with van der Waals surface area (Å²) >= 11 is 0. The minimum Gasteiger partial charge on any atom is -0.490 e. The average Bonchev–Trinajstić information content (AvgIpc) is 3.52. The van der Waals surface area contributed by atoms with Gasteiger partial charge in [0.2, 0.25) is 10.0 Å². The van der Waals surface area contributed by atoms with E-state index >= 15 is 0 Å². The molecule has 2 saturated carbocycles. The van der Waals surface area contributed by atoms with E-state index in [2.05, 4.69) is 30.8 Å². The van der Waals surface area contributed by atoms with Gasteiger partial charge in [-0.05, 0) is 89.5 Å². The quantitative estimate of drug-likeness (QED) is 0.494. The fourth-order valence-electron chi connectivity index (χ4n) is 3.38. The fourth-order valence-corrected chi connectivity index (χ4v) is 4.99. The topological polar surface area (TPSA) is 67.4 Å². The lowest BCUT2D eigenvalue weighted by atomic mass is 10.1. The van der Waals surface area contributed by atoms with Gasteiger partial charge < -0.3 is 10.1 Å². The van der Waals surface area contributed by atoms with E-state index in [1.807, 2.05) is 0 Å². The van der Waals surface area contributed by atoms with Crippen molar-refractivity contribution in [2.45, 2.75) is 76.8 Å². The van der Waals surface area contributed by atoms with Crippen LogP contribution in [0.2, 0.25) is 0 Å². The summed E-state index contributed by atoms with van der Waals surface area (Å²) in [5.41, 5.74) is 0.281. The predicted molar refractivity (Wildman–Crippen MR) is 114 cm³/mol. The first kappa shape index (κ1) is 22.5. The Morgan fingerprint density at radius 3 is 2.52 bits per heavy atom. The van der Waals surface area contributed by atoms with Crippen LogP contribution in [0, 0.1) is 11.7 Å². The van der Waals surface area contributed by atoms with Crippen LogP contribution in [0.25, 0.3) is 0 Å². The molecule has 1 aromatic carbocycles. The van der Waals surface area contributed by atoms with Crippen molar-refractivity contribution >= 4 is 10.0 Å². The molecule has 5 nitrogen and oxygen atoms in total. The van der Waals surface area contributed by atoms with Crippen LogP contribution in [0.15, 0.2) is 18.2 Å². The van der Waals surface area contributed by atoms with Crippen molar-refractivity contribution in [3.63, 3.8) is 0 Å². The number of sulfonamides is 1. The summed E-state index contributed by atoms with van der Waals surface area (Å²) in [6.45, 7) is 7.78. The monoisotopic (exact) mass is 426 g/mol.